The van der Waals surface area contributed by atoms with Crippen LogP contribution >= 0.6 is 11.3 Å². The normalized spacial score (nSPS) is 22.6. The van der Waals surface area contributed by atoms with Crippen molar-refractivity contribution in [2.75, 3.05) is 13.1 Å². The number of carbonyl (C=O) groups is 2. The average Bonchev–Trinajstić information content (AvgIpc) is 2.97. The van der Waals surface area contributed by atoms with Gasteiger partial charge in [-0.25, -0.2) is 9.78 Å². The summed E-state index contributed by atoms with van der Waals surface area (Å²) in [4.78, 5) is 29.3. The largest absolute Gasteiger partial charge is 0.481 e. The van der Waals surface area contributed by atoms with Gasteiger partial charge in [0, 0.05) is 18.5 Å². The Morgan fingerprint density at radius 3 is 3.00 bits per heavy atom. The number of hydrogen-bond acceptors (Lipinski definition) is 4. The summed E-state index contributed by atoms with van der Waals surface area (Å²) in [5.41, 5.74) is 1.74. The van der Waals surface area contributed by atoms with E-state index >= 15 is 0 Å². The van der Waals surface area contributed by atoms with Crippen LogP contribution in [0.4, 0.5) is 4.79 Å². The van der Waals surface area contributed by atoms with Crippen LogP contribution in [0.2, 0.25) is 0 Å². The summed E-state index contributed by atoms with van der Waals surface area (Å²) in [6.07, 6.45) is 1.90. The number of urea groups is 1. The molecule has 1 saturated heterocycles. The van der Waals surface area contributed by atoms with Crippen molar-refractivity contribution in [3.63, 3.8) is 0 Å². The number of nitrogens with one attached hydrogen (secondary N) is 1. The summed E-state index contributed by atoms with van der Waals surface area (Å²) in [5.74, 6) is -0.808. The summed E-state index contributed by atoms with van der Waals surface area (Å²) in [6.45, 7) is 3.13. The highest BCUT2D eigenvalue weighted by atomic mass is 32.1. The maximum absolute atomic E-state index is 12.1. The van der Waals surface area contributed by atoms with E-state index in [2.05, 4.69) is 10.3 Å². The molecule has 1 unspecified atom stereocenters. The van der Waals surface area contributed by atoms with Gasteiger partial charge in [0.15, 0.2) is 0 Å². The first kappa shape index (κ1) is 14.8. The van der Waals surface area contributed by atoms with E-state index in [-0.39, 0.29) is 12.6 Å². The molecular formula is C13H19N3O3S. The Morgan fingerprint density at radius 1 is 1.60 bits per heavy atom. The molecule has 20 heavy (non-hydrogen) atoms. The molecule has 0 spiro atoms. The van der Waals surface area contributed by atoms with Gasteiger partial charge < -0.3 is 15.3 Å². The molecule has 2 amide bonds. The first-order valence-electron chi connectivity index (χ1n) is 6.70. The second kappa shape index (κ2) is 6.21. The number of likely N-dealkylation sites (tertiary alicyclic amines) is 1. The van der Waals surface area contributed by atoms with Gasteiger partial charge in [-0.3, -0.25) is 4.79 Å². The molecule has 0 bridgehead atoms. The number of carbonyl (C=O) groups excluding carboxylic acids is 1. The highest BCUT2D eigenvalue weighted by Crippen LogP contribution is 2.33. The summed E-state index contributed by atoms with van der Waals surface area (Å²) in [6, 6.07) is -0.211. The molecule has 2 N–H and O–H groups in total. The highest BCUT2D eigenvalue weighted by molar-refractivity contribution is 7.07. The number of carboxylic acid groups (broad SMARTS) is 1. The molecule has 0 saturated carbocycles. The van der Waals surface area contributed by atoms with Gasteiger partial charge in [-0.2, -0.15) is 0 Å². The van der Waals surface area contributed by atoms with E-state index in [1.807, 2.05) is 12.3 Å². The van der Waals surface area contributed by atoms with Crippen LogP contribution in [-0.2, 0) is 11.3 Å². The van der Waals surface area contributed by atoms with Crippen molar-refractivity contribution in [2.45, 2.75) is 32.7 Å². The molecule has 2 rings (SSSR count). The minimum Gasteiger partial charge on any atom is -0.481 e. The predicted molar refractivity (Wildman–Crippen MR) is 75.5 cm³/mol. The lowest BCUT2D eigenvalue weighted by atomic mass is 9.78. The SMILES string of the molecule is CCC1(C(=O)O)CCCN(C(=O)NCc2cscn2)C1. The van der Waals surface area contributed by atoms with Crippen molar-refractivity contribution in [2.24, 2.45) is 5.41 Å². The molecule has 1 fully saturated rings. The molecule has 0 aromatic carbocycles. The fraction of sp³-hybridized carbons (Fsp3) is 0.615. The zero-order valence-corrected chi connectivity index (χ0v) is 12.3. The molecule has 1 aliphatic rings. The molecular weight excluding hydrogens is 278 g/mol. The van der Waals surface area contributed by atoms with Gasteiger partial charge in [-0.05, 0) is 19.3 Å². The van der Waals surface area contributed by atoms with Crippen LogP contribution in [-0.4, -0.2) is 40.1 Å². The summed E-state index contributed by atoms with van der Waals surface area (Å²) >= 11 is 1.48. The quantitative estimate of drug-likeness (QED) is 0.889. The Kier molecular flexibility index (Phi) is 4.59. The van der Waals surface area contributed by atoms with Gasteiger partial charge in [-0.15, -0.1) is 11.3 Å². The molecule has 2 heterocycles. The van der Waals surface area contributed by atoms with Gasteiger partial charge in [0.1, 0.15) is 0 Å². The standard InChI is InChI=1S/C13H19N3O3S/c1-2-13(11(17)18)4-3-5-16(8-13)12(19)14-6-10-7-20-9-15-10/h7,9H,2-6,8H2,1H3,(H,14,19)(H,17,18). The van der Waals surface area contributed by atoms with E-state index in [9.17, 15) is 14.7 Å². The number of rotatable bonds is 4. The Balaban J connectivity index is 1.94. The van der Waals surface area contributed by atoms with Crippen LogP contribution in [0.1, 0.15) is 31.9 Å². The first-order valence-corrected chi connectivity index (χ1v) is 7.65. The number of carboxylic acids is 1. The van der Waals surface area contributed by atoms with E-state index < -0.39 is 11.4 Å². The van der Waals surface area contributed by atoms with E-state index in [1.165, 1.54) is 11.3 Å². The fourth-order valence-electron chi connectivity index (χ4n) is 2.52. The molecule has 1 atom stereocenters. The Bertz CT molecular complexity index is 477. The monoisotopic (exact) mass is 297 g/mol. The third-order valence-electron chi connectivity index (χ3n) is 3.90. The minimum atomic E-state index is -0.808. The van der Waals surface area contributed by atoms with Crippen LogP contribution in [0.5, 0.6) is 0 Å². The van der Waals surface area contributed by atoms with Gasteiger partial charge in [0.05, 0.1) is 23.2 Å². The average molecular weight is 297 g/mol. The third kappa shape index (κ3) is 3.09. The lowest BCUT2D eigenvalue weighted by Crippen LogP contribution is -2.52. The van der Waals surface area contributed by atoms with Gasteiger partial charge in [0.25, 0.3) is 0 Å². The van der Waals surface area contributed by atoms with Crippen molar-refractivity contribution in [3.8, 4) is 0 Å². The predicted octanol–water partition coefficient (Wildman–Crippen LogP) is 1.93. The lowest BCUT2D eigenvalue weighted by molar-refractivity contribution is -0.152. The molecule has 7 heteroatoms. The van der Waals surface area contributed by atoms with Crippen LogP contribution in [0.3, 0.4) is 0 Å². The van der Waals surface area contributed by atoms with E-state index in [0.717, 1.165) is 12.1 Å². The van der Waals surface area contributed by atoms with Gasteiger partial charge in [-0.1, -0.05) is 6.92 Å². The maximum atomic E-state index is 12.1. The van der Waals surface area contributed by atoms with Crippen molar-refractivity contribution in [1.29, 1.82) is 0 Å². The number of nitrogens with zero attached hydrogens (tertiary/aromatic N) is 2. The van der Waals surface area contributed by atoms with Crippen molar-refractivity contribution >= 4 is 23.3 Å². The smallest absolute Gasteiger partial charge is 0.317 e. The van der Waals surface area contributed by atoms with Crippen LogP contribution in [0, 0.1) is 5.41 Å². The Morgan fingerprint density at radius 2 is 2.40 bits per heavy atom. The van der Waals surface area contributed by atoms with E-state index in [0.29, 0.717) is 25.9 Å². The number of hydrogen-bond donors (Lipinski definition) is 2. The molecule has 1 aromatic rings. The number of thiazole rings is 1. The summed E-state index contributed by atoms with van der Waals surface area (Å²) in [7, 11) is 0. The Hall–Kier alpha value is -1.63. The number of aliphatic carboxylic acids is 1. The molecule has 6 nitrogen and oxygen atoms in total. The second-order valence-corrected chi connectivity index (χ2v) is 5.82. The third-order valence-corrected chi connectivity index (χ3v) is 4.53. The molecule has 0 radical (unpaired) electrons. The van der Waals surface area contributed by atoms with E-state index in [1.54, 1.807) is 10.4 Å². The number of amides is 2. The van der Waals surface area contributed by atoms with Gasteiger partial charge in [0.2, 0.25) is 0 Å². The zero-order chi connectivity index (χ0) is 14.6. The van der Waals surface area contributed by atoms with Crippen molar-refractivity contribution in [3.05, 3.63) is 16.6 Å². The molecule has 110 valence electrons. The van der Waals surface area contributed by atoms with Crippen molar-refractivity contribution < 1.29 is 14.7 Å². The maximum Gasteiger partial charge on any atom is 0.317 e. The van der Waals surface area contributed by atoms with Crippen LogP contribution in [0.15, 0.2) is 10.9 Å². The second-order valence-electron chi connectivity index (χ2n) is 5.10. The first-order chi connectivity index (χ1) is 9.57. The van der Waals surface area contributed by atoms with Gasteiger partial charge >= 0.3 is 12.0 Å². The fourth-order valence-corrected chi connectivity index (χ4v) is 3.08. The van der Waals surface area contributed by atoms with Crippen LogP contribution < -0.4 is 5.32 Å². The molecule has 0 aliphatic carbocycles. The zero-order valence-electron chi connectivity index (χ0n) is 11.5. The number of aromatic nitrogens is 1. The molecule has 1 aliphatic heterocycles. The Labute approximate surface area is 121 Å². The topological polar surface area (TPSA) is 82.5 Å². The minimum absolute atomic E-state index is 0.211. The summed E-state index contributed by atoms with van der Waals surface area (Å²) < 4.78 is 0. The number of piperidine rings is 1. The van der Waals surface area contributed by atoms with E-state index in [4.69, 9.17) is 0 Å². The molecule has 1 aromatic heterocycles. The van der Waals surface area contributed by atoms with Crippen LogP contribution in [0.25, 0.3) is 0 Å². The van der Waals surface area contributed by atoms with Crippen molar-refractivity contribution in [1.82, 2.24) is 15.2 Å². The lowest BCUT2D eigenvalue weighted by Gasteiger charge is -2.39. The summed E-state index contributed by atoms with van der Waals surface area (Å²) in [5, 5.41) is 14.1. The highest BCUT2D eigenvalue weighted by Gasteiger charge is 2.42.